The molecule has 0 fully saturated rings. The average molecular weight is 209 g/mol. The van der Waals surface area contributed by atoms with E-state index in [1.54, 1.807) is 6.92 Å². The van der Waals surface area contributed by atoms with Crippen molar-refractivity contribution in [3.05, 3.63) is 22.2 Å². The molecule has 4 heteroatoms. The summed E-state index contributed by atoms with van der Waals surface area (Å²) >= 11 is 0. The zero-order chi connectivity index (χ0) is 11.5. The van der Waals surface area contributed by atoms with Crippen LogP contribution in [-0.4, -0.2) is 16.5 Å². The summed E-state index contributed by atoms with van der Waals surface area (Å²) in [6.07, 6.45) is 1.04. The summed E-state index contributed by atoms with van der Waals surface area (Å²) in [5.41, 5.74) is 0.184. The second-order valence-corrected chi connectivity index (χ2v) is 4.95. The molecule has 0 saturated carbocycles. The molecule has 0 unspecified atom stereocenters. The lowest BCUT2D eigenvalue weighted by Gasteiger charge is -2.18. The molecule has 0 aliphatic heterocycles. The molecule has 1 heterocycles. The van der Waals surface area contributed by atoms with E-state index in [0.717, 1.165) is 13.0 Å². The van der Waals surface area contributed by atoms with Crippen LogP contribution in [0.5, 0.6) is 0 Å². The van der Waals surface area contributed by atoms with E-state index >= 15 is 0 Å². The van der Waals surface area contributed by atoms with Crippen molar-refractivity contribution in [3.63, 3.8) is 0 Å². The highest BCUT2D eigenvalue weighted by molar-refractivity contribution is 5.32. The van der Waals surface area contributed by atoms with Crippen molar-refractivity contribution in [2.45, 2.75) is 34.1 Å². The summed E-state index contributed by atoms with van der Waals surface area (Å²) < 4.78 is 0. The molecular weight excluding hydrogens is 190 g/mol. The Balaban J connectivity index is 2.55. The van der Waals surface area contributed by atoms with Crippen LogP contribution < -0.4 is 10.9 Å². The summed E-state index contributed by atoms with van der Waals surface area (Å²) in [5, 5.41) is 3.15. The first-order chi connectivity index (χ1) is 6.87. The van der Waals surface area contributed by atoms with Crippen LogP contribution in [0.15, 0.2) is 10.9 Å². The second-order valence-electron chi connectivity index (χ2n) is 4.95. The Labute approximate surface area is 90.1 Å². The third-order valence-electron chi connectivity index (χ3n) is 2.04. The van der Waals surface area contributed by atoms with E-state index in [1.165, 1.54) is 6.07 Å². The Morgan fingerprint density at radius 3 is 2.67 bits per heavy atom. The predicted octanol–water partition coefficient (Wildman–Crippen LogP) is 1.93. The fourth-order valence-corrected chi connectivity index (χ4v) is 1.24. The Bertz CT molecular complexity index is 376. The van der Waals surface area contributed by atoms with Crippen LogP contribution >= 0.6 is 0 Å². The number of aromatic nitrogens is 2. The average Bonchev–Trinajstić information content (AvgIpc) is 1.99. The molecule has 0 aliphatic carbocycles. The molecule has 4 nitrogen and oxygen atoms in total. The van der Waals surface area contributed by atoms with E-state index in [2.05, 4.69) is 36.1 Å². The summed E-state index contributed by atoms with van der Waals surface area (Å²) in [4.78, 5) is 17.9. The maximum Gasteiger partial charge on any atom is 0.252 e. The number of H-pyrrole nitrogens is 1. The standard InChI is InChI=1S/C11H19N3O/c1-8-13-9(7-10(15)14-8)12-6-5-11(2,3)4/h7H,5-6H2,1-4H3,(H2,12,13,14,15). The summed E-state index contributed by atoms with van der Waals surface area (Å²) in [6.45, 7) is 9.16. The highest BCUT2D eigenvalue weighted by atomic mass is 16.1. The first-order valence-electron chi connectivity index (χ1n) is 5.19. The van der Waals surface area contributed by atoms with Crippen molar-refractivity contribution in [2.24, 2.45) is 5.41 Å². The van der Waals surface area contributed by atoms with Gasteiger partial charge in [0.05, 0.1) is 0 Å². The van der Waals surface area contributed by atoms with Crippen LogP contribution in [0.25, 0.3) is 0 Å². The van der Waals surface area contributed by atoms with Crippen molar-refractivity contribution in [2.75, 3.05) is 11.9 Å². The molecule has 0 amide bonds. The van der Waals surface area contributed by atoms with Gasteiger partial charge in [0, 0.05) is 12.6 Å². The molecule has 15 heavy (non-hydrogen) atoms. The van der Waals surface area contributed by atoms with Crippen LogP contribution in [0.1, 0.15) is 33.0 Å². The van der Waals surface area contributed by atoms with Crippen molar-refractivity contribution in [1.82, 2.24) is 9.97 Å². The molecule has 0 saturated heterocycles. The number of hydrogen-bond donors (Lipinski definition) is 2. The van der Waals surface area contributed by atoms with Gasteiger partial charge in [-0.25, -0.2) is 4.98 Å². The van der Waals surface area contributed by atoms with Gasteiger partial charge in [-0.2, -0.15) is 0 Å². The Hall–Kier alpha value is -1.32. The Morgan fingerprint density at radius 2 is 2.13 bits per heavy atom. The highest BCUT2D eigenvalue weighted by Gasteiger charge is 2.09. The SMILES string of the molecule is Cc1nc(NCCC(C)(C)C)cc(=O)[nH]1. The number of nitrogens with one attached hydrogen (secondary N) is 2. The molecule has 0 bridgehead atoms. The van der Waals surface area contributed by atoms with Gasteiger partial charge < -0.3 is 10.3 Å². The summed E-state index contributed by atoms with van der Waals surface area (Å²) in [7, 11) is 0. The van der Waals surface area contributed by atoms with Crippen molar-refractivity contribution in [3.8, 4) is 0 Å². The van der Waals surface area contributed by atoms with Gasteiger partial charge in [-0.15, -0.1) is 0 Å². The van der Waals surface area contributed by atoms with Crippen molar-refractivity contribution < 1.29 is 0 Å². The van der Waals surface area contributed by atoms with Gasteiger partial charge in [0.1, 0.15) is 11.6 Å². The number of aromatic amines is 1. The maximum atomic E-state index is 11.1. The molecule has 1 aromatic rings. The molecule has 0 aliphatic rings. The normalized spacial score (nSPS) is 11.5. The Kier molecular flexibility index (Phi) is 3.50. The van der Waals surface area contributed by atoms with E-state index in [1.807, 2.05) is 0 Å². The third-order valence-corrected chi connectivity index (χ3v) is 2.04. The largest absolute Gasteiger partial charge is 0.370 e. The van der Waals surface area contributed by atoms with E-state index < -0.39 is 0 Å². The van der Waals surface area contributed by atoms with Gasteiger partial charge in [0.15, 0.2) is 0 Å². The summed E-state index contributed by atoms with van der Waals surface area (Å²) in [5.74, 6) is 1.29. The predicted molar refractivity (Wildman–Crippen MR) is 62.2 cm³/mol. The van der Waals surface area contributed by atoms with Crippen LogP contribution in [0, 0.1) is 12.3 Å². The van der Waals surface area contributed by atoms with E-state index in [4.69, 9.17) is 0 Å². The smallest absolute Gasteiger partial charge is 0.252 e. The molecule has 1 rings (SSSR count). The quantitative estimate of drug-likeness (QED) is 0.799. The first kappa shape index (κ1) is 11.8. The van der Waals surface area contributed by atoms with Gasteiger partial charge >= 0.3 is 0 Å². The first-order valence-corrected chi connectivity index (χ1v) is 5.19. The van der Waals surface area contributed by atoms with E-state index in [-0.39, 0.29) is 5.56 Å². The monoisotopic (exact) mass is 209 g/mol. The molecular formula is C11H19N3O. The molecule has 0 aromatic carbocycles. The number of rotatable bonds is 3. The number of anilines is 1. The van der Waals surface area contributed by atoms with Gasteiger partial charge in [0.2, 0.25) is 0 Å². The molecule has 0 atom stereocenters. The summed E-state index contributed by atoms with van der Waals surface area (Å²) in [6, 6.07) is 1.48. The minimum absolute atomic E-state index is 0.110. The van der Waals surface area contributed by atoms with Crippen molar-refractivity contribution in [1.29, 1.82) is 0 Å². The van der Waals surface area contributed by atoms with Crippen LogP contribution in [0.2, 0.25) is 0 Å². The molecule has 2 N–H and O–H groups in total. The zero-order valence-electron chi connectivity index (χ0n) is 9.85. The highest BCUT2D eigenvalue weighted by Crippen LogP contribution is 2.17. The number of aryl methyl sites for hydroxylation is 1. The third kappa shape index (κ3) is 4.63. The fourth-order valence-electron chi connectivity index (χ4n) is 1.24. The van der Waals surface area contributed by atoms with Gasteiger partial charge in [-0.1, -0.05) is 20.8 Å². The van der Waals surface area contributed by atoms with E-state index in [0.29, 0.717) is 17.1 Å². The second kappa shape index (κ2) is 4.47. The van der Waals surface area contributed by atoms with Gasteiger partial charge in [0.25, 0.3) is 5.56 Å². The maximum absolute atomic E-state index is 11.1. The van der Waals surface area contributed by atoms with Crippen molar-refractivity contribution >= 4 is 5.82 Å². The van der Waals surface area contributed by atoms with Crippen LogP contribution in [0.3, 0.4) is 0 Å². The fraction of sp³-hybridized carbons (Fsp3) is 0.636. The molecule has 0 radical (unpaired) electrons. The molecule has 84 valence electrons. The van der Waals surface area contributed by atoms with Crippen LogP contribution in [-0.2, 0) is 0 Å². The lowest BCUT2D eigenvalue weighted by atomic mass is 9.92. The zero-order valence-corrected chi connectivity index (χ0v) is 9.85. The minimum atomic E-state index is -0.110. The molecule has 0 spiro atoms. The van der Waals surface area contributed by atoms with Gasteiger partial charge in [-0.3, -0.25) is 4.79 Å². The number of nitrogens with zero attached hydrogens (tertiary/aromatic N) is 1. The minimum Gasteiger partial charge on any atom is -0.370 e. The Morgan fingerprint density at radius 1 is 1.47 bits per heavy atom. The van der Waals surface area contributed by atoms with E-state index in [9.17, 15) is 4.79 Å². The van der Waals surface area contributed by atoms with Gasteiger partial charge in [-0.05, 0) is 18.8 Å². The number of hydrogen-bond acceptors (Lipinski definition) is 3. The topological polar surface area (TPSA) is 57.8 Å². The lowest BCUT2D eigenvalue weighted by molar-refractivity contribution is 0.389. The molecule has 1 aromatic heterocycles. The lowest BCUT2D eigenvalue weighted by Crippen LogP contribution is -2.16. The van der Waals surface area contributed by atoms with Crippen LogP contribution in [0.4, 0.5) is 5.82 Å².